The largest absolute Gasteiger partial charge is 1.00 e. The molecule has 1 fully saturated rings. The zero-order valence-electron chi connectivity index (χ0n) is 28.2. The summed E-state index contributed by atoms with van der Waals surface area (Å²) in [4.78, 5) is 25.6. The van der Waals surface area contributed by atoms with Crippen LogP contribution < -0.4 is 29.3 Å². The normalized spacial score (nSPS) is 15.1. The summed E-state index contributed by atoms with van der Waals surface area (Å²) < 4.78 is 34.8. The van der Waals surface area contributed by atoms with Crippen LogP contribution in [0.4, 0.5) is 0 Å². The summed E-state index contributed by atoms with van der Waals surface area (Å²) in [6.45, 7) is 3.04. The van der Waals surface area contributed by atoms with Gasteiger partial charge in [-0.2, -0.15) is 16.1 Å². The van der Waals surface area contributed by atoms with E-state index in [1.165, 1.54) is 11.8 Å². The van der Waals surface area contributed by atoms with Gasteiger partial charge in [0, 0.05) is 18.7 Å². The predicted molar refractivity (Wildman–Crippen MR) is 188 cm³/mol. The molecule has 1 N–H and O–H groups in total. The molecule has 2 atom stereocenters. The van der Waals surface area contributed by atoms with Gasteiger partial charge in [-0.25, -0.2) is 8.42 Å². The third kappa shape index (κ3) is 9.66. The fraction of sp³-hybridized carbons (Fsp3) is 0.316. The topological polar surface area (TPSA) is 116 Å². The Balaban J connectivity index is 0.00000541. The number of carboxylic acids is 1. The first kappa shape index (κ1) is 38.4. The molecule has 0 aromatic heterocycles. The number of hydrogen-bond acceptors (Lipinski definition) is 7. The molecule has 1 aliphatic heterocycles. The summed E-state index contributed by atoms with van der Waals surface area (Å²) in [6, 6.07) is 30.7. The number of hydrogen-bond donors (Lipinski definition) is 1. The van der Waals surface area contributed by atoms with Crippen LogP contribution in [0.15, 0.2) is 108 Å². The zero-order chi connectivity index (χ0) is 34.1. The summed E-state index contributed by atoms with van der Waals surface area (Å²) in [5.41, 5.74) is 4.77. The van der Waals surface area contributed by atoms with E-state index in [1.807, 2.05) is 79.9 Å². The molecule has 1 aliphatic rings. The molecule has 0 spiro atoms. The summed E-state index contributed by atoms with van der Waals surface area (Å²) in [5, 5.41) is 14.4. The molecule has 8 nitrogen and oxygen atoms in total. The average Bonchev–Trinajstić information content (AvgIpc) is 3.11. The molecule has 1 heterocycles. The van der Waals surface area contributed by atoms with Crippen molar-refractivity contribution >= 4 is 33.7 Å². The molecule has 1 unspecified atom stereocenters. The summed E-state index contributed by atoms with van der Waals surface area (Å²) in [7, 11) is -3.57. The Labute approximate surface area is 305 Å². The number of aryl methyl sites for hydroxylation is 1. The molecular formula is C38H41LiN2O6S2. The van der Waals surface area contributed by atoms with E-state index >= 15 is 0 Å². The van der Waals surface area contributed by atoms with Crippen LogP contribution in [0.1, 0.15) is 52.4 Å². The maximum absolute atomic E-state index is 13.5. The number of benzene rings is 4. The number of piperidine rings is 1. The van der Waals surface area contributed by atoms with Gasteiger partial charge >= 0.3 is 18.9 Å². The van der Waals surface area contributed by atoms with Crippen molar-refractivity contribution in [3.8, 4) is 11.1 Å². The fourth-order valence-electron chi connectivity index (χ4n) is 6.19. The quantitative estimate of drug-likeness (QED) is 0.202. The summed E-state index contributed by atoms with van der Waals surface area (Å²) in [6.07, 6.45) is 3.18. The van der Waals surface area contributed by atoms with E-state index < -0.39 is 27.9 Å². The van der Waals surface area contributed by atoms with Crippen LogP contribution >= 0.6 is 11.8 Å². The maximum Gasteiger partial charge on any atom is 1.00 e. The predicted octanol–water partition coefficient (Wildman–Crippen LogP) is 2.63. The van der Waals surface area contributed by atoms with Crippen molar-refractivity contribution in [2.24, 2.45) is 5.92 Å². The van der Waals surface area contributed by atoms with Crippen LogP contribution in [-0.4, -0.2) is 55.7 Å². The molecule has 0 bridgehead atoms. The van der Waals surface area contributed by atoms with Crippen LogP contribution in [0, 0.1) is 12.8 Å². The van der Waals surface area contributed by atoms with Crippen molar-refractivity contribution in [3.05, 3.63) is 125 Å². The molecule has 5 rings (SSSR count). The molecule has 252 valence electrons. The molecule has 0 saturated carbocycles. The van der Waals surface area contributed by atoms with E-state index in [4.69, 9.17) is 4.74 Å². The van der Waals surface area contributed by atoms with Crippen LogP contribution in [0.25, 0.3) is 11.1 Å². The molecule has 4 aromatic carbocycles. The van der Waals surface area contributed by atoms with E-state index in [0.29, 0.717) is 47.7 Å². The molecule has 49 heavy (non-hydrogen) atoms. The van der Waals surface area contributed by atoms with Gasteiger partial charge in [-0.05, 0) is 96.2 Å². The number of thioether (sulfide) groups is 1. The van der Waals surface area contributed by atoms with Gasteiger partial charge in [0.05, 0.1) is 29.6 Å². The van der Waals surface area contributed by atoms with Gasteiger partial charge in [0.2, 0.25) is 10.0 Å². The second-order valence-corrected chi connectivity index (χ2v) is 14.9. The molecule has 0 aliphatic carbocycles. The third-order valence-electron chi connectivity index (χ3n) is 8.83. The Morgan fingerprint density at radius 2 is 1.55 bits per heavy atom. The SMILES string of the molecule is CSCC[C@H](NC(=O)c1ccc(COC(c2ccccc2)C2CCN(S(=O)(=O)c3ccccc3)CC2)cc1-c1ccccc1C)C(=O)[O-].[Li+]. The number of nitrogens with one attached hydrogen (secondary N) is 1. The molecule has 0 radical (unpaired) electrons. The Morgan fingerprint density at radius 1 is 0.918 bits per heavy atom. The van der Waals surface area contributed by atoms with Gasteiger partial charge in [-0.15, -0.1) is 0 Å². The average molecular weight is 693 g/mol. The van der Waals surface area contributed by atoms with Crippen molar-refractivity contribution in [2.45, 2.75) is 49.8 Å². The van der Waals surface area contributed by atoms with Crippen LogP contribution in [0.5, 0.6) is 0 Å². The van der Waals surface area contributed by atoms with Gasteiger partial charge in [-0.3, -0.25) is 4.79 Å². The minimum atomic E-state index is -3.57. The summed E-state index contributed by atoms with van der Waals surface area (Å²) in [5.74, 6) is -1.12. The van der Waals surface area contributed by atoms with Gasteiger partial charge in [0.1, 0.15) is 0 Å². The van der Waals surface area contributed by atoms with Crippen molar-refractivity contribution < 1.29 is 46.7 Å². The van der Waals surface area contributed by atoms with E-state index in [-0.39, 0.29) is 43.9 Å². The first-order valence-electron chi connectivity index (χ1n) is 16.1. The van der Waals surface area contributed by atoms with Crippen LogP contribution in [0.2, 0.25) is 0 Å². The van der Waals surface area contributed by atoms with Crippen LogP contribution in [-0.2, 0) is 26.2 Å². The number of nitrogens with zero attached hydrogens (tertiary/aromatic N) is 1. The minimum absolute atomic E-state index is 0. The standard InChI is InChI=1S/C38H42N2O6S2.Li/c1-27-11-9-10-16-32(27)34-25-28(17-18-33(34)37(41)39-35(38(42)43)21-24-47-2)26-46-36(29-12-5-3-6-13-29)30-19-22-40(23-20-30)48(44,45)31-14-7-4-8-15-31;/h3-18,25,30,35-36H,19-24,26H2,1-2H3,(H,39,41)(H,42,43);/q;+1/p-1/t35-,36?;/m0./s1. The number of aliphatic carboxylic acids is 1. The van der Waals surface area contributed by atoms with Crippen molar-refractivity contribution in [3.63, 3.8) is 0 Å². The molecule has 1 saturated heterocycles. The Bertz CT molecular complexity index is 1800. The second-order valence-electron chi connectivity index (χ2n) is 12.0. The van der Waals surface area contributed by atoms with Crippen molar-refractivity contribution in [1.29, 1.82) is 0 Å². The summed E-state index contributed by atoms with van der Waals surface area (Å²) >= 11 is 1.51. The molecule has 4 aromatic rings. The molecule has 1 amide bonds. The fourth-order valence-corrected chi connectivity index (χ4v) is 8.15. The third-order valence-corrected chi connectivity index (χ3v) is 11.4. The number of carbonyl (C=O) groups is 2. The first-order chi connectivity index (χ1) is 23.2. The second kappa shape index (κ2) is 18.0. The number of amides is 1. The minimum Gasteiger partial charge on any atom is -0.548 e. The monoisotopic (exact) mass is 692 g/mol. The Morgan fingerprint density at radius 3 is 2.18 bits per heavy atom. The Hall–Kier alpha value is -3.36. The smallest absolute Gasteiger partial charge is 0.548 e. The van der Waals surface area contributed by atoms with Crippen LogP contribution in [0.3, 0.4) is 0 Å². The number of carboxylic acid groups (broad SMARTS) is 1. The Kier molecular flexibility index (Phi) is 14.2. The number of carbonyl (C=O) groups excluding carboxylic acids is 2. The van der Waals surface area contributed by atoms with E-state index in [2.05, 4.69) is 5.32 Å². The molecule has 11 heteroatoms. The molecular weight excluding hydrogens is 652 g/mol. The number of rotatable bonds is 14. The van der Waals surface area contributed by atoms with Gasteiger partial charge in [0.15, 0.2) is 0 Å². The van der Waals surface area contributed by atoms with Crippen molar-refractivity contribution in [2.75, 3.05) is 25.1 Å². The van der Waals surface area contributed by atoms with Gasteiger partial charge in [0.25, 0.3) is 5.91 Å². The van der Waals surface area contributed by atoms with E-state index in [0.717, 1.165) is 22.3 Å². The first-order valence-corrected chi connectivity index (χ1v) is 18.9. The van der Waals surface area contributed by atoms with Gasteiger partial charge < -0.3 is 20.0 Å². The van der Waals surface area contributed by atoms with E-state index in [1.54, 1.807) is 40.7 Å². The number of sulfonamides is 1. The van der Waals surface area contributed by atoms with Crippen molar-refractivity contribution in [1.82, 2.24) is 9.62 Å². The van der Waals surface area contributed by atoms with E-state index in [9.17, 15) is 23.1 Å². The maximum atomic E-state index is 13.5. The zero-order valence-corrected chi connectivity index (χ0v) is 29.8. The van der Waals surface area contributed by atoms with Gasteiger partial charge in [-0.1, -0.05) is 78.9 Å². The number of ether oxygens (including phenoxy) is 1.